The lowest BCUT2D eigenvalue weighted by atomic mass is 9.74. The van der Waals surface area contributed by atoms with Crippen LogP contribution in [-0.2, 0) is 14.7 Å². The highest BCUT2D eigenvalue weighted by atomic mass is 16.7. The Kier molecular flexibility index (Phi) is 6.13. The normalized spacial score (nSPS) is 17.6. The third kappa shape index (κ3) is 4.26. The van der Waals surface area contributed by atoms with Gasteiger partial charge >= 0.3 is 7.12 Å². The molecule has 0 N–H and O–H groups in total. The Morgan fingerprint density at radius 2 is 1.02 bits per heavy atom. The standard InChI is InChI=1S/C39H37BO2/c1-37(2)35-25-28(26-14-9-7-10-15-26)20-21-33(35)34-19-13-18-32(36(34)37)30-22-29(27-16-11-8-12-17-27)23-31(24-30)40-41-38(3,4)39(5,6)42-40/h7-25H,1-6H3. The van der Waals surface area contributed by atoms with Gasteiger partial charge in [-0.1, -0.05) is 117 Å². The van der Waals surface area contributed by atoms with Crippen molar-refractivity contribution in [3.8, 4) is 44.5 Å². The van der Waals surface area contributed by atoms with E-state index < -0.39 is 18.3 Å². The average Bonchev–Trinajstić information content (AvgIpc) is 3.37. The van der Waals surface area contributed by atoms with Crippen LogP contribution in [0.4, 0.5) is 0 Å². The quantitative estimate of drug-likeness (QED) is 0.208. The van der Waals surface area contributed by atoms with E-state index in [-0.39, 0.29) is 5.41 Å². The molecule has 0 amide bonds. The van der Waals surface area contributed by atoms with E-state index in [1.54, 1.807) is 0 Å². The summed E-state index contributed by atoms with van der Waals surface area (Å²) < 4.78 is 13.1. The minimum Gasteiger partial charge on any atom is -0.399 e. The van der Waals surface area contributed by atoms with Gasteiger partial charge in [0.05, 0.1) is 11.2 Å². The molecule has 5 aromatic rings. The highest BCUT2D eigenvalue weighted by Crippen LogP contribution is 2.53. The van der Waals surface area contributed by atoms with E-state index in [9.17, 15) is 0 Å². The summed E-state index contributed by atoms with van der Waals surface area (Å²) in [5.41, 5.74) is 12.7. The van der Waals surface area contributed by atoms with Crippen molar-refractivity contribution in [2.24, 2.45) is 0 Å². The van der Waals surface area contributed by atoms with Gasteiger partial charge in [0.25, 0.3) is 0 Å². The molecule has 208 valence electrons. The molecule has 1 fully saturated rings. The van der Waals surface area contributed by atoms with E-state index in [4.69, 9.17) is 9.31 Å². The highest BCUT2D eigenvalue weighted by Gasteiger charge is 2.52. The fraction of sp³-hybridized carbons (Fsp3) is 0.231. The first-order chi connectivity index (χ1) is 20.0. The van der Waals surface area contributed by atoms with Crippen LogP contribution in [0.1, 0.15) is 52.7 Å². The zero-order valence-corrected chi connectivity index (χ0v) is 25.4. The molecule has 0 spiro atoms. The van der Waals surface area contributed by atoms with Crippen molar-refractivity contribution in [1.29, 1.82) is 0 Å². The van der Waals surface area contributed by atoms with Gasteiger partial charge in [-0.15, -0.1) is 0 Å². The molecule has 1 heterocycles. The zero-order chi connectivity index (χ0) is 29.3. The maximum Gasteiger partial charge on any atom is 0.494 e. The molecule has 0 saturated carbocycles. The minimum absolute atomic E-state index is 0.167. The SMILES string of the molecule is CC1(C)c2cc(-c3ccccc3)ccc2-c2cccc(-c3cc(B4OC(C)(C)C(C)(C)O4)cc(-c4ccccc4)c3)c21. The number of hydrogen-bond donors (Lipinski definition) is 0. The van der Waals surface area contributed by atoms with E-state index in [1.807, 2.05) is 0 Å². The summed E-state index contributed by atoms with van der Waals surface area (Å²) in [4.78, 5) is 0. The molecule has 0 radical (unpaired) electrons. The van der Waals surface area contributed by atoms with Gasteiger partial charge in [-0.05, 0) is 101 Å². The van der Waals surface area contributed by atoms with Gasteiger partial charge in [0.2, 0.25) is 0 Å². The van der Waals surface area contributed by atoms with Crippen molar-refractivity contribution in [2.45, 2.75) is 58.2 Å². The molecule has 0 bridgehead atoms. The first kappa shape index (κ1) is 27.0. The van der Waals surface area contributed by atoms with Gasteiger partial charge in [-0.2, -0.15) is 0 Å². The fourth-order valence-corrected chi connectivity index (χ4v) is 6.65. The summed E-state index contributed by atoms with van der Waals surface area (Å²) in [6, 6.07) is 41.8. The molecule has 2 aliphatic rings. The summed E-state index contributed by atoms with van der Waals surface area (Å²) in [7, 11) is -0.437. The van der Waals surface area contributed by atoms with Crippen molar-refractivity contribution >= 4 is 12.6 Å². The van der Waals surface area contributed by atoms with Gasteiger partial charge in [0.15, 0.2) is 0 Å². The summed E-state index contributed by atoms with van der Waals surface area (Å²) in [5, 5.41) is 0. The molecule has 5 aromatic carbocycles. The van der Waals surface area contributed by atoms with Crippen LogP contribution in [0, 0.1) is 0 Å². The molecule has 0 unspecified atom stereocenters. The molecule has 0 aromatic heterocycles. The summed E-state index contributed by atoms with van der Waals surface area (Å²) >= 11 is 0. The molecule has 3 heteroatoms. The number of benzene rings is 5. The Labute approximate surface area is 250 Å². The third-order valence-corrected chi connectivity index (χ3v) is 9.68. The van der Waals surface area contributed by atoms with Crippen LogP contribution in [0.5, 0.6) is 0 Å². The highest BCUT2D eigenvalue weighted by molar-refractivity contribution is 6.62. The number of fused-ring (bicyclic) bond motifs is 3. The van der Waals surface area contributed by atoms with E-state index >= 15 is 0 Å². The Morgan fingerprint density at radius 3 is 1.67 bits per heavy atom. The van der Waals surface area contributed by atoms with E-state index in [2.05, 4.69) is 157 Å². The largest absolute Gasteiger partial charge is 0.494 e. The summed E-state index contributed by atoms with van der Waals surface area (Å²) in [5.74, 6) is 0. The summed E-state index contributed by atoms with van der Waals surface area (Å²) in [6.45, 7) is 13.2. The topological polar surface area (TPSA) is 18.5 Å². The van der Waals surface area contributed by atoms with Gasteiger partial charge < -0.3 is 9.31 Å². The van der Waals surface area contributed by atoms with Crippen molar-refractivity contribution in [3.05, 3.63) is 126 Å². The monoisotopic (exact) mass is 548 g/mol. The van der Waals surface area contributed by atoms with Gasteiger partial charge in [-0.25, -0.2) is 0 Å². The van der Waals surface area contributed by atoms with Crippen LogP contribution < -0.4 is 5.46 Å². The van der Waals surface area contributed by atoms with Crippen LogP contribution >= 0.6 is 0 Å². The number of rotatable bonds is 4. The maximum absolute atomic E-state index is 6.55. The van der Waals surface area contributed by atoms with Crippen LogP contribution in [0.2, 0.25) is 0 Å². The van der Waals surface area contributed by atoms with Crippen LogP contribution in [0.25, 0.3) is 44.5 Å². The van der Waals surface area contributed by atoms with Gasteiger partial charge in [0, 0.05) is 5.41 Å². The Bertz CT molecular complexity index is 1790. The molecular weight excluding hydrogens is 511 g/mol. The molecule has 42 heavy (non-hydrogen) atoms. The lowest BCUT2D eigenvalue weighted by Crippen LogP contribution is -2.41. The van der Waals surface area contributed by atoms with Crippen LogP contribution in [0.3, 0.4) is 0 Å². The van der Waals surface area contributed by atoms with Crippen LogP contribution in [-0.4, -0.2) is 18.3 Å². The lowest BCUT2D eigenvalue weighted by molar-refractivity contribution is 0.00578. The summed E-state index contributed by atoms with van der Waals surface area (Å²) in [6.07, 6.45) is 0. The Hall–Kier alpha value is -3.92. The third-order valence-electron chi connectivity index (χ3n) is 9.68. The second-order valence-corrected chi connectivity index (χ2v) is 13.3. The lowest BCUT2D eigenvalue weighted by Gasteiger charge is -2.32. The zero-order valence-electron chi connectivity index (χ0n) is 25.4. The van der Waals surface area contributed by atoms with E-state index in [0.717, 1.165) is 11.0 Å². The minimum atomic E-state index is -0.437. The second kappa shape index (κ2) is 9.56. The predicted molar refractivity (Wildman–Crippen MR) is 176 cm³/mol. The number of hydrogen-bond acceptors (Lipinski definition) is 2. The molecule has 7 rings (SSSR count). The molecule has 1 saturated heterocycles. The van der Waals surface area contributed by atoms with E-state index in [0.29, 0.717) is 0 Å². The first-order valence-corrected chi connectivity index (χ1v) is 15.0. The van der Waals surface area contributed by atoms with E-state index in [1.165, 1.54) is 50.1 Å². The Balaban J connectivity index is 1.39. The molecule has 1 aliphatic carbocycles. The molecule has 1 aliphatic heterocycles. The van der Waals surface area contributed by atoms with Crippen molar-refractivity contribution < 1.29 is 9.31 Å². The van der Waals surface area contributed by atoms with Crippen LogP contribution in [0.15, 0.2) is 115 Å². The van der Waals surface area contributed by atoms with Gasteiger partial charge in [0.1, 0.15) is 0 Å². The second-order valence-electron chi connectivity index (χ2n) is 13.3. The molecular formula is C39H37BO2. The van der Waals surface area contributed by atoms with Crippen molar-refractivity contribution in [2.75, 3.05) is 0 Å². The smallest absolute Gasteiger partial charge is 0.399 e. The Morgan fingerprint density at radius 1 is 0.452 bits per heavy atom. The van der Waals surface area contributed by atoms with Crippen molar-refractivity contribution in [3.63, 3.8) is 0 Å². The molecule has 0 atom stereocenters. The predicted octanol–water partition coefficient (Wildman–Crippen LogP) is 9.29. The average molecular weight is 549 g/mol. The fourth-order valence-electron chi connectivity index (χ4n) is 6.65. The van der Waals surface area contributed by atoms with Gasteiger partial charge in [-0.3, -0.25) is 0 Å². The molecule has 2 nitrogen and oxygen atoms in total. The maximum atomic E-state index is 6.55. The van der Waals surface area contributed by atoms with Crippen molar-refractivity contribution in [1.82, 2.24) is 0 Å². The first-order valence-electron chi connectivity index (χ1n) is 15.0.